The molecule has 0 aromatic rings. The summed E-state index contributed by atoms with van der Waals surface area (Å²) >= 11 is 0. The maximum absolute atomic E-state index is 12.0. The van der Waals surface area contributed by atoms with E-state index in [2.05, 4.69) is 20.4 Å². The molecule has 134 valence electrons. The smallest absolute Gasteiger partial charge is 0.305 e. The molecule has 0 radical (unpaired) electrons. The first-order chi connectivity index (χ1) is 11.1. The van der Waals surface area contributed by atoms with E-state index in [-0.39, 0.29) is 5.97 Å². The van der Waals surface area contributed by atoms with Crippen LogP contribution in [0.2, 0.25) is 0 Å². The van der Waals surface area contributed by atoms with Gasteiger partial charge in [0, 0.05) is 47.9 Å². The molecule has 0 amide bonds. The number of hydrogen-bond acceptors (Lipinski definition) is 4. The van der Waals surface area contributed by atoms with Crippen molar-refractivity contribution >= 4 is 22.7 Å². The number of carbonyl (C=O) groups is 1. The van der Waals surface area contributed by atoms with Crippen LogP contribution in [0.3, 0.4) is 0 Å². The molecule has 3 atom stereocenters. The Hall–Kier alpha value is -1.11. The molecule has 0 aromatic carbocycles. The van der Waals surface area contributed by atoms with Gasteiger partial charge in [-0.25, -0.2) is 0 Å². The molecule has 1 aliphatic carbocycles. The van der Waals surface area contributed by atoms with Crippen molar-refractivity contribution in [1.82, 2.24) is 10.6 Å². The maximum Gasteiger partial charge on any atom is 0.305 e. The van der Waals surface area contributed by atoms with E-state index < -0.39 is 10.8 Å². The number of carbonyl (C=O) groups excluding carboxylic acids is 1. The van der Waals surface area contributed by atoms with E-state index in [9.17, 15) is 9.00 Å². The Morgan fingerprint density at radius 1 is 1.35 bits per heavy atom. The van der Waals surface area contributed by atoms with E-state index in [4.69, 9.17) is 0 Å². The topological polar surface area (TPSA) is 79.8 Å². The first-order valence-corrected chi connectivity index (χ1v) is 9.90. The predicted octanol–water partition coefficient (Wildman–Crippen LogP) is 1.57. The van der Waals surface area contributed by atoms with Crippen molar-refractivity contribution in [2.24, 2.45) is 4.99 Å². The number of guanidine groups is 1. The number of esters is 1. The van der Waals surface area contributed by atoms with Gasteiger partial charge < -0.3 is 15.4 Å². The van der Waals surface area contributed by atoms with Crippen molar-refractivity contribution in [1.29, 1.82) is 0 Å². The molecule has 0 heterocycles. The normalized spacial score (nSPS) is 23.2. The van der Waals surface area contributed by atoms with Gasteiger partial charge in [0.05, 0.1) is 7.11 Å². The molecule has 0 spiro atoms. The second-order valence-corrected chi connectivity index (χ2v) is 7.84. The van der Waals surface area contributed by atoms with Gasteiger partial charge in [-0.1, -0.05) is 13.3 Å². The first-order valence-electron chi connectivity index (χ1n) is 8.51. The molecule has 0 aromatic heterocycles. The Kier molecular flexibility index (Phi) is 9.91. The van der Waals surface area contributed by atoms with Crippen molar-refractivity contribution in [2.45, 2.75) is 63.2 Å². The minimum atomic E-state index is -0.709. The lowest BCUT2D eigenvalue weighted by Gasteiger charge is -2.30. The summed E-state index contributed by atoms with van der Waals surface area (Å²) in [7, 11) is 2.46. The molecular weight excluding hydrogens is 314 g/mol. The molecule has 2 N–H and O–H groups in total. The van der Waals surface area contributed by atoms with Crippen molar-refractivity contribution in [3.63, 3.8) is 0 Å². The van der Waals surface area contributed by atoms with Crippen LogP contribution >= 0.6 is 0 Å². The lowest BCUT2D eigenvalue weighted by atomic mass is 9.95. The maximum atomic E-state index is 12.0. The fraction of sp³-hybridized carbons (Fsp3) is 0.875. The molecule has 1 aliphatic rings. The van der Waals surface area contributed by atoms with Crippen LogP contribution in [0.5, 0.6) is 0 Å². The van der Waals surface area contributed by atoms with Crippen molar-refractivity contribution < 1.29 is 13.7 Å². The standard InChI is InChI=1S/C16H31N3O3S/c1-4-23(21)14-9-7-8-13(12-14)19-16(17-2)18-11-6-5-10-15(20)22-3/h13-14H,4-12H2,1-3H3,(H2,17,18,19). The molecule has 7 heteroatoms. The van der Waals surface area contributed by atoms with Gasteiger partial charge in [-0.2, -0.15) is 0 Å². The third kappa shape index (κ3) is 7.81. The largest absolute Gasteiger partial charge is 0.469 e. The lowest BCUT2D eigenvalue weighted by molar-refractivity contribution is -0.140. The Balaban J connectivity index is 2.27. The summed E-state index contributed by atoms with van der Waals surface area (Å²) < 4.78 is 16.6. The summed E-state index contributed by atoms with van der Waals surface area (Å²) in [5.74, 6) is 1.37. The molecule has 0 aliphatic heterocycles. The second-order valence-electron chi connectivity index (χ2n) is 5.83. The van der Waals surface area contributed by atoms with Gasteiger partial charge >= 0.3 is 5.97 Å². The molecule has 6 nitrogen and oxygen atoms in total. The SMILES string of the molecule is CCS(=O)C1CCCC(NC(=NC)NCCCCC(=O)OC)C1. The summed E-state index contributed by atoms with van der Waals surface area (Å²) in [5, 5.41) is 7.03. The Labute approximate surface area is 142 Å². The van der Waals surface area contributed by atoms with Gasteiger partial charge in [0.25, 0.3) is 0 Å². The highest BCUT2D eigenvalue weighted by atomic mass is 32.2. The summed E-state index contributed by atoms with van der Waals surface area (Å²) in [6.45, 7) is 2.76. The molecule has 0 bridgehead atoms. The second kappa shape index (κ2) is 11.4. The summed E-state index contributed by atoms with van der Waals surface area (Å²) in [6.07, 6.45) is 6.38. The highest BCUT2D eigenvalue weighted by Gasteiger charge is 2.25. The average molecular weight is 346 g/mol. The number of unbranched alkanes of at least 4 members (excludes halogenated alkanes) is 1. The highest BCUT2D eigenvalue weighted by Crippen LogP contribution is 2.22. The fourth-order valence-electron chi connectivity index (χ4n) is 2.84. The average Bonchev–Trinajstić information content (AvgIpc) is 2.59. The molecule has 0 saturated heterocycles. The van der Waals surface area contributed by atoms with Gasteiger partial charge in [0.1, 0.15) is 0 Å². The first kappa shape index (κ1) is 19.9. The number of nitrogens with zero attached hydrogens (tertiary/aromatic N) is 1. The number of rotatable bonds is 8. The van der Waals surface area contributed by atoms with Crippen molar-refractivity contribution in [3.05, 3.63) is 0 Å². The van der Waals surface area contributed by atoms with E-state index in [1.54, 1.807) is 7.05 Å². The zero-order valence-corrected chi connectivity index (χ0v) is 15.4. The number of ether oxygens (including phenoxy) is 1. The molecule has 1 rings (SSSR count). The minimum absolute atomic E-state index is 0.162. The zero-order chi connectivity index (χ0) is 17.1. The number of aliphatic imine (C=N–C) groups is 1. The van der Waals surface area contributed by atoms with Gasteiger partial charge in [-0.05, 0) is 32.1 Å². The third-order valence-corrected chi connectivity index (χ3v) is 5.92. The van der Waals surface area contributed by atoms with E-state index in [1.165, 1.54) is 7.11 Å². The summed E-state index contributed by atoms with van der Waals surface area (Å²) in [6, 6.07) is 0.338. The molecule has 3 unspecified atom stereocenters. The van der Waals surface area contributed by atoms with E-state index in [0.29, 0.717) is 17.7 Å². The van der Waals surface area contributed by atoms with Crippen molar-refractivity contribution in [2.75, 3.05) is 26.5 Å². The van der Waals surface area contributed by atoms with Crippen LogP contribution in [-0.2, 0) is 20.3 Å². The Morgan fingerprint density at radius 2 is 2.13 bits per heavy atom. The van der Waals surface area contributed by atoms with E-state index in [1.807, 2.05) is 6.92 Å². The van der Waals surface area contributed by atoms with Crippen molar-refractivity contribution in [3.8, 4) is 0 Å². The minimum Gasteiger partial charge on any atom is -0.469 e. The van der Waals surface area contributed by atoms with E-state index >= 15 is 0 Å². The molecular formula is C16H31N3O3S. The van der Waals surface area contributed by atoms with Gasteiger partial charge in [-0.3, -0.25) is 14.0 Å². The van der Waals surface area contributed by atoms with Gasteiger partial charge in [0.15, 0.2) is 5.96 Å². The molecule has 23 heavy (non-hydrogen) atoms. The van der Waals surface area contributed by atoms with Gasteiger partial charge in [-0.15, -0.1) is 0 Å². The fourth-order valence-corrected chi connectivity index (χ4v) is 4.19. The van der Waals surface area contributed by atoms with Crippen LogP contribution in [0, 0.1) is 0 Å². The zero-order valence-electron chi connectivity index (χ0n) is 14.6. The van der Waals surface area contributed by atoms with Crippen LogP contribution in [0.15, 0.2) is 4.99 Å². The van der Waals surface area contributed by atoms with Crippen LogP contribution in [0.25, 0.3) is 0 Å². The summed E-state index contributed by atoms with van der Waals surface area (Å²) in [4.78, 5) is 15.3. The van der Waals surface area contributed by atoms with E-state index in [0.717, 1.165) is 56.8 Å². The van der Waals surface area contributed by atoms with Crippen LogP contribution in [0.1, 0.15) is 51.9 Å². The monoisotopic (exact) mass is 345 g/mol. The quantitative estimate of drug-likeness (QED) is 0.302. The lowest BCUT2D eigenvalue weighted by Crippen LogP contribution is -2.46. The Morgan fingerprint density at radius 3 is 2.78 bits per heavy atom. The number of hydrogen-bond donors (Lipinski definition) is 2. The molecule has 1 saturated carbocycles. The van der Waals surface area contributed by atoms with Gasteiger partial charge in [0.2, 0.25) is 0 Å². The third-order valence-electron chi connectivity index (χ3n) is 4.17. The van der Waals surface area contributed by atoms with Crippen LogP contribution in [0.4, 0.5) is 0 Å². The predicted molar refractivity (Wildman–Crippen MR) is 95.1 cm³/mol. The Bertz CT molecular complexity index is 415. The van der Waals surface area contributed by atoms with Crippen LogP contribution in [-0.4, -0.2) is 53.9 Å². The number of nitrogens with one attached hydrogen (secondary N) is 2. The number of methoxy groups -OCH3 is 1. The molecule has 1 fully saturated rings. The summed E-state index contributed by atoms with van der Waals surface area (Å²) in [5.41, 5.74) is 0. The highest BCUT2D eigenvalue weighted by molar-refractivity contribution is 7.85. The van der Waals surface area contributed by atoms with Crippen LogP contribution < -0.4 is 10.6 Å².